The molecule has 15 heavy (non-hydrogen) atoms. The summed E-state index contributed by atoms with van der Waals surface area (Å²) in [6.07, 6.45) is -1.66. The highest BCUT2D eigenvalue weighted by atomic mass is 16.3. The van der Waals surface area contributed by atoms with E-state index in [4.69, 9.17) is 5.73 Å². The summed E-state index contributed by atoms with van der Waals surface area (Å²) in [6.45, 7) is 0. The summed E-state index contributed by atoms with van der Waals surface area (Å²) in [5.41, 5.74) is 5.65. The second kappa shape index (κ2) is 5.48. The minimum absolute atomic E-state index is 0.118. The average molecular weight is 209 g/mol. The molecule has 0 aliphatic heterocycles. The third-order valence-corrected chi connectivity index (χ3v) is 2.12. The Morgan fingerprint density at radius 2 is 1.87 bits per heavy atom. The molecule has 0 spiro atoms. The van der Waals surface area contributed by atoms with Crippen LogP contribution in [0.4, 0.5) is 0 Å². The molecule has 82 valence electrons. The predicted octanol–water partition coefficient (Wildman–Crippen LogP) is 0.346. The summed E-state index contributed by atoms with van der Waals surface area (Å²) in [5.74, 6) is -0.567. The highest BCUT2D eigenvalue weighted by Crippen LogP contribution is 2.18. The van der Waals surface area contributed by atoms with Crippen molar-refractivity contribution in [3.63, 3.8) is 0 Å². The van der Waals surface area contributed by atoms with Gasteiger partial charge in [-0.1, -0.05) is 30.3 Å². The van der Waals surface area contributed by atoms with E-state index in [9.17, 15) is 15.0 Å². The summed E-state index contributed by atoms with van der Waals surface area (Å²) >= 11 is 0. The summed E-state index contributed by atoms with van der Waals surface area (Å²) in [7, 11) is 0. The maximum absolute atomic E-state index is 10.5. The summed E-state index contributed by atoms with van der Waals surface area (Å²) in [4.78, 5) is 10.5. The fourth-order valence-electron chi connectivity index (χ4n) is 1.38. The zero-order valence-electron chi connectivity index (χ0n) is 8.34. The Kier molecular flexibility index (Phi) is 4.27. The molecule has 0 heterocycles. The van der Waals surface area contributed by atoms with Crippen LogP contribution in [-0.2, 0) is 4.79 Å². The van der Waals surface area contributed by atoms with Gasteiger partial charge in [-0.05, 0) is 5.56 Å². The van der Waals surface area contributed by atoms with E-state index in [1.807, 2.05) is 6.07 Å². The molecule has 2 atom stereocenters. The molecule has 0 aliphatic rings. The summed E-state index contributed by atoms with van der Waals surface area (Å²) in [5, 5.41) is 19.1. The van der Waals surface area contributed by atoms with E-state index < -0.39 is 18.1 Å². The Balaban J connectivity index is 2.49. The van der Waals surface area contributed by atoms with Gasteiger partial charge in [-0.15, -0.1) is 0 Å². The molecule has 0 saturated heterocycles. The van der Waals surface area contributed by atoms with Crippen molar-refractivity contribution in [1.82, 2.24) is 0 Å². The molecule has 0 bridgehead atoms. The number of nitrogens with two attached hydrogens (primary N) is 1. The number of benzene rings is 1. The topological polar surface area (TPSA) is 83.6 Å². The van der Waals surface area contributed by atoms with Gasteiger partial charge in [-0.2, -0.15) is 0 Å². The van der Waals surface area contributed by atoms with Gasteiger partial charge in [0.15, 0.2) is 0 Å². The van der Waals surface area contributed by atoms with E-state index in [1.165, 1.54) is 0 Å². The first kappa shape index (κ1) is 11.7. The minimum Gasteiger partial charge on any atom is -0.392 e. The first-order valence-electron chi connectivity index (χ1n) is 4.79. The lowest BCUT2D eigenvalue weighted by Gasteiger charge is -2.14. The molecule has 2 unspecified atom stereocenters. The first-order chi connectivity index (χ1) is 7.09. The van der Waals surface area contributed by atoms with E-state index in [0.717, 1.165) is 5.56 Å². The molecule has 4 N–H and O–H groups in total. The van der Waals surface area contributed by atoms with Gasteiger partial charge in [-0.3, -0.25) is 4.79 Å². The smallest absolute Gasteiger partial charge is 0.220 e. The maximum Gasteiger partial charge on any atom is 0.220 e. The van der Waals surface area contributed by atoms with Crippen LogP contribution in [0, 0.1) is 0 Å². The van der Waals surface area contributed by atoms with Crippen LogP contribution >= 0.6 is 0 Å². The summed E-state index contributed by atoms with van der Waals surface area (Å²) < 4.78 is 0. The van der Waals surface area contributed by atoms with Crippen LogP contribution in [0.1, 0.15) is 24.5 Å². The Morgan fingerprint density at radius 1 is 1.27 bits per heavy atom. The summed E-state index contributed by atoms with van der Waals surface area (Å²) in [6, 6.07) is 8.98. The highest BCUT2D eigenvalue weighted by molar-refractivity contribution is 5.74. The third-order valence-electron chi connectivity index (χ3n) is 2.12. The van der Waals surface area contributed by atoms with Crippen LogP contribution < -0.4 is 5.73 Å². The number of aliphatic hydroxyl groups excluding tert-OH is 2. The molecular formula is C11H15NO3. The Labute approximate surface area is 88.3 Å². The largest absolute Gasteiger partial charge is 0.392 e. The van der Waals surface area contributed by atoms with E-state index in [0.29, 0.717) is 0 Å². The quantitative estimate of drug-likeness (QED) is 0.654. The molecule has 1 aromatic rings. The van der Waals surface area contributed by atoms with Gasteiger partial charge in [-0.25, -0.2) is 0 Å². The zero-order chi connectivity index (χ0) is 11.3. The fourth-order valence-corrected chi connectivity index (χ4v) is 1.38. The lowest BCUT2D eigenvalue weighted by atomic mass is 10.0. The van der Waals surface area contributed by atoms with E-state index >= 15 is 0 Å². The number of hydrogen-bond donors (Lipinski definition) is 3. The number of aliphatic hydroxyl groups is 2. The second-order valence-electron chi connectivity index (χ2n) is 3.49. The molecule has 0 saturated carbocycles. The molecular weight excluding hydrogens is 194 g/mol. The number of carbonyl (C=O) groups is 1. The monoisotopic (exact) mass is 209 g/mol. The Hall–Kier alpha value is -1.39. The number of hydrogen-bond acceptors (Lipinski definition) is 3. The zero-order valence-corrected chi connectivity index (χ0v) is 8.34. The van der Waals surface area contributed by atoms with Crippen LogP contribution in [0.25, 0.3) is 0 Å². The van der Waals surface area contributed by atoms with E-state index in [-0.39, 0.29) is 12.8 Å². The highest BCUT2D eigenvalue weighted by Gasteiger charge is 2.15. The minimum atomic E-state index is -0.891. The van der Waals surface area contributed by atoms with E-state index in [1.54, 1.807) is 24.3 Å². The maximum atomic E-state index is 10.5. The molecule has 0 aromatic heterocycles. The van der Waals surface area contributed by atoms with Gasteiger partial charge in [0, 0.05) is 6.42 Å². The van der Waals surface area contributed by atoms with Gasteiger partial charge in [0.25, 0.3) is 0 Å². The predicted molar refractivity (Wildman–Crippen MR) is 55.8 cm³/mol. The van der Waals surface area contributed by atoms with Gasteiger partial charge in [0.2, 0.25) is 5.91 Å². The molecule has 1 amide bonds. The Morgan fingerprint density at radius 3 is 2.40 bits per heavy atom. The van der Waals surface area contributed by atoms with Crippen LogP contribution in [0.3, 0.4) is 0 Å². The first-order valence-corrected chi connectivity index (χ1v) is 4.79. The van der Waals surface area contributed by atoms with E-state index in [2.05, 4.69) is 0 Å². The van der Waals surface area contributed by atoms with Gasteiger partial charge < -0.3 is 15.9 Å². The van der Waals surface area contributed by atoms with Gasteiger partial charge in [0.1, 0.15) is 0 Å². The third kappa shape index (κ3) is 4.10. The van der Waals surface area contributed by atoms with Crippen LogP contribution in [0.5, 0.6) is 0 Å². The van der Waals surface area contributed by atoms with Crippen molar-refractivity contribution in [2.24, 2.45) is 5.73 Å². The fraction of sp³-hybridized carbons (Fsp3) is 0.364. The molecule has 1 aromatic carbocycles. The van der Waals surface area contributed by atoms with Crippen molar-refractivity contribution >= 4 is 5.91 Å². The molecule has 0 radical (unpaired) electrons. The van der Waals surface area contributed by atoms with Crippen LogP contribution in [0.2, 0.25) is 0 Å². The lowest BCUT2D eigenvalue weighted by Crippen LogP contribution is -2.21. The lowest BCUT2D eigenvalue weighted by molar-refractivity contribution is -0.120. The van der Waals surface area contributed by atoms with Crippen LogP contribution in [-0.4, -0.2) is 22.2 Å². The number of rotatable bonds is 5. The standard InChI is InChI=1S/C11H15NO3/c12-11(15)7-9(13)6-10(14)8-4-2-1-3-5-8/h1-5,9-10,13-14H,6-7H2,(H2,12,15). The van der Waals surface area contributed by atoms with Gasteiger partial charge in [0.05, 0.1) is 18.6 Å². The molecule has 0 aliphatic carbocycles. The molecule has 4 heteroatoms. The normalized spacial score (nSPS) is 14.5. The number of amides is 1. The number of primary amides is 1. The van der Waals surface area contributed by atoms with Gasteiger partial charge >= 0.3 is 0 Å². The van der Waals surface area contributed by atoms with Crippen molar-refractivity contribution in [2.75, 3.05) is 0 Å². The average Bonchev–Trinajstić information content (AvgIpc) is 2.17. The second-order valence-corrected chi connectivity index (χ2v) is 3.49. The SMILES string of the molecule is NC(=O)CC(O)CC(O)c1ccccc1. The van der Waals surface area contributed by atoms with Crippen molar-refractivity contribution in [1.29, 1.82) is 0 Å². The van der Waals surface area contributed by atoms with Crippen molar-refractivity contribution < 1.29 is 15.0 Å². The number of carbonyl (C=O) groups excluding carboxylic acids is 1. The van der Waals surface area contributed by atoms with Crippen molar-refractivity contribution in [2.45, 2.75) is 25.0 Å². The molecule has 4 nitrogen and oxygen atoms in total. The van der Waals surface area contributed by atoms with Crippen LogP contribution in [0.15, 0.2) is 30.3 Å². The Bertz CT molecular complexity index is 313. The van der Waals surface area contributed by atoms with Crippen molar-refractivity contribution in [3.8, 4) is 0 Å². The molecule has 0 fully saturated rings. The van der Waals surface area contributed by atoms with Crippen molar-refractivity contribution in [3.05, 3.63) is 35.9 Å². The molecule has 1 rings (SSSR count).